The van der Waals surface area contributed by atoms with Crippen LogP contribution in [0.15, 0.2) is 24.3 Å². The van der Waals surface area contributed by atoms with E-state index in [0.29, 0.717) is 24.5 Å². The Hall–Kier alpha value is -1.59. The van der Waals surface area contributed by atoms with Gasteiger partial charge in [-0.05, 0) is 43.5 Å². The number of hydrogen-bond acceptors (Lipinski definition) is 5. The van der Waals surface area contributed by atoms with Crippen molar-refractivity contribution in [3.05, 3.63) is 29.8 Å². The van der Waals surface area contributed by atoms with E-state index in [1.165, 1.54) is 7.11 Å². The van der Waals surface area contributed by atoms with Gasteiger partial charge in [-0.3, -0.25) is 0 Å². The van der Waals surface area contributed by atoms with Crippen molar-refractivity contribution in [2.75, 3.05) is 26.9 Å². The maximum absolute atomic E-state index is 11.3. The van der Waals surface area contributed by atoms with Gasteiger partial charge in [0.2, 0.25) is 0 Å². The van der Waals surface area contributed by atoms with Crippen molar-refractivity contribution in [2.24, 2.45) is 0 Å². The molecule has 110 valence electrons. The molecule has 0 spiro atoms. The summed E-state index contributed by atoms with van der Waals surface area (Å²) in [7, 11) is 1.36. The van der Waals surface area contributed by atoms with Gasteiger partial charge in [0, 0.05) is 6.61 Å². The Bertz CT molecular complexity index is 409. The van der Waals surface area contributed by atoms with Crippen LogP contribution in [-0.2, 0) is 14.2 Å². The molecule has 1 aromatic rings. The van der Waals surface area contributed by atoms with Gasteiger partial charge >= 0.3 is 5.97 Å². The van der Waals surface area contributed by atoms with Gasteiger partial charge in [0.25, 0.3) is 0 Å². The Morgan fingerprint density at radius 1 is 1.25 bits per heavy atom. The van der Waals surface area contributed by atoms with Crippen molar-refractivity contribution in [2.45, 2.75) is 25.6 Å². The summed E-state index contributed by atoms with van der Waals surface area (Å²) in [5.74, 6) is 0.347. The highest BCUT2D eigenvalue weighted by Gasteiger charge is 2.13. The van der Waals surface area contributed by atoms with Crippen molar-refractivity contribution in [1.82, 2.24) is 0 Å². The molecule has 1 unspecified atom stereocenters. The summed E-state index contributed by atoms with van der Waals surface area (Å²) in [6.45, 7) is 1.72. The van der Waals surface area contributed by atoms with Crippen molar-refractivity contribution in [3.8, 4) is 5.75 Å². The Balaban J connectivity index is 1.67. The lowest BCUT2D eigenvalue weighted by molar-refractivity contribution is -0.165. The Morgan fingerprint density at radius 3 is 2.70 bits per heavy atom. The van der Waals surface area contributed by atoms with Crippen LogP contribution in [0.1, 0.15) is 29.6 Å². The minimum Gasteiger partial charge on any atom is -0.491 e. The molecule has 1 aromatic carbocycles. The van der Waals surface area contributed by atoms with E-state index in [4.69, 9.17) is 14.2 Å². The summed E-state index contributed by atoms with van der Waals surface area (Å²) in [6, 6.07) is 6.82. The lowest BCUT2D eigenvalue weighted by Gasteiger charge is -2.22. The Labute approximate surface area is 118 Å². The first-order valence-corrected chi connectivity index (χ1v) is 6.84. The second-order valence-electron chi connectivity index (χ2n) is 4.53. The molecule has 20 heavy (non-hydrogen) atoms. The van der Waals surface area contributed by atoms with Crippen LogP contribution in [-0.4, -0.2) is 39.2 Å². The van der Waals surface area contributed by atoms with E-state index in [2.05, 4.69) is 4.74 Å². The topological polar surface area (TPSA) is 54.0 Å². The molecule has 0 N–H and O–H groups in total. The monoisotopic (exact) mass is 280 g/mol. The number of ether oxygens (including phenoxy) is 4. The summed E-state index contributed by atoms with van der Waals surface area (Å²) >= 11 is 0. The quantitative estimate of drug-likeness (QED) is 0.591. The van der Waals surface area contributed by atoms with Crippen LogP contribution in [0.5, 0.6) is 5.75 Å². The second kappa shape index (κ2) is 7.87. The van der Waals surface area contributed by atoms with Crippen molar-refractivity contribution >= 4 is 5.97 Å². The zero-order valence-corrected chi connectivity index (χ0v) is 11.7. The summed E-state index contributed by atoms with van der Waals surface area (Å²) in [6.07, 6.45) is 3.13. The maximum atomic E-state index is 11.3. The normalized spacial score (nSPS) is 18.6. The van der Waals surface area contributed by atoms with Crippen molar-refractivity contribution in [1.29, 1.82) is 0 Å². The van der Waals surface area contributed by atoms with Crippen LogP contribution in [0.2, 0.25) is 0 Å². The van der Waals surface area contributed by atoms with Crippen LogP contribution >= 0.6 is 0 Å². The second-order valence-corrected chi connectivity index (χ2v) is 4.53. The Kier molecular flexibility index (Phi) is 5.83. The largest absolute Gasteiger partial charge is 0.491 e. The maximum Gasteiger partial charge on any atom is 0.337 e. The number of benzene rings is 1. The highest BCUT2D eigenvalue weighted by molar-refractivity contribution is 5.89. The molecule has 0 saturated carbocycles. The fourth-order valence-corrected chi connectivity index (χ4v) is 1.99. The van der Waals surface area contributed by atoms with Gasteiger partial charge < -0.3 is 18.9 Å². The molecule has 0 amide bonds. The summed E-state index contributed by atoms with van der Waals surface area (Å²) < 4.78 is 21.2. The number of carbonyl (C=O) groups is 1. The highest BCUT2D eigenvalue weighted by atomic mass is 16.7. The molecular weight excluding hydrogens is 260 g/mol. The highest BCUT2D eigenvalue weighted by Crippen LogP contribution is 2.15. The van der Waals surface area contributed by atoms with E-state index in [-0.39, 0.29) is 12.3 Å². The van der Waals surface area contributed by atoms with Gasteiger partial charge in [-0.15, -0.1) is 0 Å². The molecule has 1 aliphatic rings. The zero-order chi connectivity index (χ0) is 14.2. The number of methoxy groups -OCH3 is 1. The first-order chi connectivity index (χ1) is 9.79. The first kappa shape index (κ1) is 14.8. The van der Waals surface area contributed by atoms with E-state index in [9.17, 15) is 4.79 Å². The summed E-state index contributed by atoms with van der Waals surface area (Å²) in [4.78, 5) is 11.3. The fraction of sp³-hybridized carbons (Fsp3) is 0.533. The van der Waals surface area contributed by atoms with Crippen LogP contribution < -0.4 is 4.74 Å². The molecule has 0 bridgehead atoms. The summed E-state index contributed by atoms with van der Waals surface area (Å²) in [5, 5.41) is 0. The van der Waals surface area contributed by atoms with Crippen LogP contribution in [0, 0.1) is 0 Å². The lowest BCUT2D eigenvalue weighted by atomic mass is 10.2. The van der Waals surface area contributed by atoms with Gasteiger partial charge in [-0.1, -0.05) is 0 Å². The Morgan fingerprint density at radius 2 is 2.05 bits per heavy atom. The third-order valence-electron chi connectivity index (χ3n) is 3.07. The van der Waals surface area contributed by atoms with Gasteiger partial charge in [0.05, 0.1) is 19.3 Å². The number of hydrogen-bond donors (Lipinski definition) is 0. The first-order valence-electron chi connectivity index (χ1n) is 6.84. The standard InChI is InChI=1S/C15H20O5/c1-17-15(16)12-5-7-13(8-6-12)18-10-11-20-14-4-2-3-9-19-14/h5-8,14H,2-4,9-11H2,1H3. The van der Waals surface area contributed by atoms with Crippen LogP contribution in [0.4, 0.5) is 0 Å². The molecule has 1 saturated heterocycles. The molecule has 0 aliphatic carbocycles. The SMILES string of the molecule is COC(=O)c1ccc(OCCOC2CCCCO2)cc1. The molecule has 1 fully saturated rings. The molecule has 0 radical (unpaired) electrons. The minimum absolute atomic E-state index is 0.0888. The predicted octanol–water partition coefficient (Wildman–Crippen LogP) is 2.40. The van der Waals surface area contributed by atoms with E-state index in [1.54, 1.807) is 24.3 Å². The fourth-order valence-electron chi connectivity index (χ4n) is 1.99. The molecule has 2 rings (SSSR count). The molecule has 0 aromatic heterocycles. The van der Waals surface area contributed by atoms with Gasteiger partial charge in [-0.25, -0.2) is 4.79 Å². The molecule has 1 atom stereocenters. The molecule has 1 heterocycles. The third-order valence-corrected chi connectivity index (χ3v) is 3.07. The van der Waals surface area contributed by atoms with Crippen molar-refractivity contribution in [3.63, 3.8) is 0 Å². The van der Waals surface area contributed by atoms with Gasteiger partial charge in [0.15, 0.2) is 6.29 Å². The third kappa shape index (κ3) is 4.51. The number of esters is 1. The van der Waals surface area contributed by atoms with E-state index < -0.39 is 0 Å². The molecule has 1 aliphatic heterocycles. The van der Waals surface area contributed by atoms with Gasteiger partial charge in [0.1, 0.15) is 12.4 Å². The molecular formula is C15H20O5. The summed E-state index contributed by atoms with van der Waals surface area (Å²) in [5.41, 5.74) is 0.506. The van der Waals surface area contributed by atoms with Gasteiger partial charge in [-0.2, -0.15) is 0 Å². The lowest BCUT2D eigenvalue weighted by Crippen LogP contribution is -2.24. The number of carbonyl (C=O) groups excluding carboxylic acids is 1. The average molecular weight is 280 g/mol. The average Bonchev–Trinajstić information content (AvgIpc) is 2.52. The van der Waals surface area contributed by atoms with E-state index >= 15 is 0 Å². The van der Waals surface area contributed by atoms with Crippen LogP contribution in [0.3, 0.4) is 0 Å². The van der Waals surface area contributed by atoms with Crippen LogP contribution in [0.25, 0.3) is 0 Å². The number of rotatable bonds is 6. The predicted molar refractivity (Wildman–Crippen MR) is 72.8 cm³/mol. The van der Waals surface area contributed by atoms with Crippen molar-refractivity contribution < 1.29 is 23.7 Å². The zero-order valence-electron chi connectivity index (χ0n) is 11.7. The molecule has 5 nitrogen and oxygen atoms in total. The van der Waals surface area contributed by atoms with E-state index in [1.807, 2.05) is 0 Å². The van der Waals surface area contributed by atoms with E-state index in [0.717, 1.165) is 25.9 Å². The molecule has 5 heteroatoms. The minimum atomic E-state index is -0.352. The smallest absolute Gasteiger partial charge is 0.337 e.